The van der Waals surface area contributed by atoms with E-state index in [1.807, 2.05) is 0 Å². The van der Waals surface area contributed by atoms with Gasteiger partial charge in [0.1, 0.15) is 24.7 Å². The van der Waals surface area contributed by atoms with Crippen LogP contribution in [0.25, 0.3) is 0 Å². The van der Waals surface area contributed by atoms with E-state index in [9.17, 15) is 12.9 Å². The van der Waals surface area contributed by atoms with Gasteiger partial charge in [-0.1, -0.05) is 23.7 Å². The molecule has 118 valence electrons. The molecular weight excluding hydrogens is 335 g/mol. The Bertz CT molecular complexity index is 606. The molecule has 0 spiro atoms. The SMILES string of the molecule is COc1ccc(OCCOc2ccccc2[B-](F)(F)F)cc1.[K+]. The van der Waals surface area contributed by atoms with E-state index < -0.39 is 12.4 Å². The van der Waals surface area contributed by atoms with Gasteiger partial charge in [0, 0.05) is 0 Å². The minimum Gasteiger partial charge on any atom is -0.497 e. The zero-order valence-corrected chi connectivity index (χ0v) is 16.1. The third-order valence-electron chi connectivity index (χ3n) is 2.94. The number of hydrogen-bond acceptors (Lipinski definition) is 3. The fourth-order valence-corrected chi connectivity index (χ4v) is 1.87. The average Bonchev–Trinajstić information content (AvgIpc) is 2.51. The van der Waals surface area contributed by atoms with Crippen LogP contribution in [0.1, 0.15) is 0 Å². The Morgan fingerprint density at radius 3 is 2.00 bits per heavy atom. The number of hydrogen-bond donors (Lipinski definition) is 0. The summed E-state index contributed by atoms with van der Waals surface area (Å²) in [6.45, 7) is -4.92. The first-order valence-electron chi connectivity index (χ1n) is 6.69. The normalized spacial score (nSPS) is 10.6. The van der Waals surface area contributed by atoms with Gasteiger partial charge in [-0.25, -0.2) is 0 Å². The Hall–Kier alpha value is -0.669. The first kappa shape index (κ1) is 20.4. The second kappa shape index (κ2) is 9.58. The van der Waals surface area contributed by atoms with Crippen molar-refractivity contribution >= 4 is 12.4 Å². The third kappa shape index (κ3) is 6.39. The van der Waals surface area contributed by atoms with Crippen molar-refractivity contribution in [3.05, 3.63) is 48.5 Å². The van der Waals surface area contributed by atoms with Crippen molar-refractivity contribution in [2.24, 2.45) is 0 Å². The van der Waals surface area contributed by atoms with Crippen molar-refractivity contribution in [2.45, 2.75) is 0 Å². The van der Waals surface area contributed by atoms with Gasteiger partial charge < -0.3 is 27.2 Å². The number of para-hydroxylation sites is 1. The van der Waals surface area contributed by atoms with Crippen LogP contribution in [0.3, 0.4) is 0 Å². The maximum atomic E-state index is 12.8. The van der Waals surface area contributed by atoms with Crippen LogP contribution in [0, 0.1) is 0 Å². The zero-order chi connectivity index (χ0) is 16.0. The number of rotatable bonds is 7. The first-order valence-corrected chi connectivity index (χ1v) is 6.69. The molecule has 0 amide bonds. The monoisotopic (exact) mass is 350 g/mol. The summed E-state index contributed by atoms with van der Waals surface area (Å²) in [4.78, 5) is 0. The van der Waals surface area contributed by atoms with Gasteiger partial charge in [0.15, 0.2) is 0 Å². The van der Waals surface area contributed by atoms with Gasteiger partial charge in [-0.05, 0) is 30.3 Å². The molecule has 0 aliphatic carbocycles. The number of halogens is 3. The van der Waals surface area contributed by atoms with Gasteiger partial charge in [0.25, 0.3) is 0 Å². The molecule has 0 fully saturated rings. The molecule has 0 aliphatic rings. The van der Waals surface area contributed by atoms with E-state index >= 15 is 0 Å². The summed E-state index contributed by atoms with van der Waals surface area (Å²) in [6.07, 6.45) is 0. The average molecular weight is 350 g/mol. The minimum absolute atomic E-state index is 0. The number of methoxy groups -OCH3 is 1. The summed E-state index contributed by atoms with van der Waals surface area (Å²) < 4.78 is 54.1. The molecule has 2 rings (SSSR count). The Labute approximate surface area is 175 Å². The quantitative estimate of drug-likeness (QED) is 0.528. The van der Waals surface area contributed by atoms with Crippen LogP contribution in [0.4, 0.5) is 12.9 Å². The van der Waals surface area contributed by atoms with E-state index in [1.165, 1.54) is 18.2 Å². The smallest absolute Gasteiger partial charge is 0.497 e. The van der Waals surface area contributed by atoms with E-state index in [2.05, 4.69) is 0 Å². The van der Waals surface area contributed by atoms with Crippen molar-refractivity contribution in [3.63, 3.8) is 0 Å². The van der Waals surface area contributed by atoms with Gasteiger partial charge in [0.05, 0.1) is 12.9 Å². The summed E-state index contributed by atoms with van der Waals surface area (Å²) in [5, 5.41) is 0. The number of ether oxygens (including phenoxy) is 3. The van der Waals surface area contributed by atoms with Crippen LogP contribution < -0.4 is 71.1 Å². The largest absolute Gasteiger partial charge is 1.00 e. The Morgan fingerprint density at radius 1 is 0.826 bits per heavy atom. The molecule has 3 nitrogen and oxygen atoms in total. The topological polar surface area (TPSA) is 27.7 Å². The van der Waals surface area contributed by atoms with Crippen molar-refractivity contribution < 1.29 is 78.5 Å². The number of benzene rings is 2. The van der Waals surface area contributed by atoms with Crippen LogP contribution in [0.15, 0.2) is 48.5 Å². The fourth-order valence-electron chi connectivity index (χ4n) is 1.87. The minimum atomic E-state index is -5.09. The van der Waals surface area contributed by atoms with Crippen LogP contribution >= 0.6 is 0 Å². The van der Waals surface area contributed by atoms with Crippen LogP contribution in [-0.2, 0) is 0 Å². The van der Waals surface area contributed by atoms with Crippen LogP contribution in [0.5, 0.6) is 17.2 Å². The maximum Gasteiger partial charge on any atom is 1.00 e. The van der Waals surface area contributed by atoms with Crippen molar-refractivity contribution in [1.29, 1.82) is 0 Å². The van der Waals surface area contributed by atoms with E-state index in [4.69, 9.17) is 14.2 Å². The molecular formula is C15H15BF3KO3. The second-order valence-corrected chi connectivity index (χ2v) is 4.49. The third-order valence-corrected chi connectivity index (χ3v) is 2.94. The first-order chi connectivity index (χ1) is 10.5. The van der Waals surface area contributed by atoms with E-state index in [0.29, 0.717) is 11.5 Å². The molecule has 2 aromatic rings. The Kier molecular flexibility index (Phi) is 8.49. The van der Waals surface area contributed by atoms with E-state index in [1.54, 1.807) is 31.4 Å². The second-order valence-electron chi connectivity index (χ2n) is 4.49. The van der Waals surface area contributed by atoms with Crippen LogP contribution in [0.2, 0.25) is 0 Å². The molecule has 2 aromatic carbocycles. The molecule has 0 aliphatic heterocycles. The summed E-state index contributed by atoms with van der Waals surface area (Å²) in [7, 11) is 1.56. The molecule has 0 bridgehead atoms. The summed E-state index contributed by atoms with van der Waals surface area (Å²) in [5.41, 5.74) is -0.730. The van der Waals surface area contributed by atoms with Gasteiger partial charge in [0.2, 0.25) is 0 Å². The standard InChI is InChI=1S/C15H15BF3O3.K/c1-20-12-6-8-13(9-7-12)21-10-11-22-15-5-3-2-4-14(15)16(17,18)19;/h2-9H,10-11H2,1H3;/q-1;+1. The zero-order valence-electron chi connectivity index (χ0n) is 13.0. The molecule has 0 aromatic heterocycles. The van der Waals surface area contributed by atoms with Crippen molar-refractivity contribution in [3.8, 4) is 17.2 Å². The molecule has 8 heteroatoms. The molecule has 0 atom stereocenters. The van der Waals surface area contributed by atoms with Crippen molar-refractivity contribution in [1.82, 2.24) is 0 Å². The Balaban J connectivity index is 0.00000264. The Morgan fingerprint density at radius 2 is 1.39 bits per heavy atom. The van der Waals surface area contributed by atoms with Crippen molar-refractivity contribution in [2.75, 3.05) is 20.3 Å². The summed E-state index contributed by atoms with van der Waals surface area (Å²) in [6, 6.07) is 12.1. The fraction of sp³-hybridized carbons (Fsp3) is 0.200. The molecule has 0 radical (unpaired) electrons. The maximum absolute atomic E-state index is 12.8. The van der Waals surface area contributed by atoms with E-state index in [-0.39, 0.29) is 70.3 Å². The van der Waals surface area contributed by atoms with Gasteiger partial charge in [-0.15, -0.1) is 0 Å². The predicted molar refractivity (Wildman–Crippen MR) is 79.1 cm³/mol. The molecule has 0 saturated carbocycles. The van der Waals surface area contributed by atoms with Gasteiger partial charge in [-0.2, -0.15) is 0 Å². The summed E-state index contributed by atoms with van der Waals surface area (Å²) >= 11 is 0. The predicted octanol–water partition coefficient (Wildman–Crippen LogP) is 0.211. The molecule has 0 N–H and O–H groups in total. The van der Waals surface area contributed by atoms with Gasteiger partial charge >= 0.3 is 58.4 Å². The molecule has 0 unspecified atom stereocenters. The summed E-state index contributed by atoms with van der Waals surface area (Å²) in [5.74, 6) is 1.12. The van der Waals surface area contributed by atoms with Gasteiger partial charge in [-0.3, -0.25) is 0 Å². The molecule has 0 heterocycles. The molecule has 0 saturated heterocycles. The molecule has 23 heavy (non-hydrogen) atoms. The van der Waals surface area contributed by atoms with Crippen LogP contribution in [-0.4, -0.2) is 27.3 Å². The van der Waals surface area contributed by atoms with E-state index in [0.717, 1.165) is 6.07 Å².